The van der Waals surface area contributed by atoms with Gasteiger partial charge in [0.15, 0.2) is 11.5 Å². The number of phenolic OH excluding ortho intramolecular Hbond substituents is 1. The monoisotopic (exact) mass is 1470 g/mol. The molecule has 0 spiro atoms. The number of nitrogens with zero attached hydrogens (tertiary/aromatic N) is 5. The predicted octanol–water partition coefficient (Wildman–Crippen LogP) is -2.83. The summed E-state index contributed by atoms with van der Waals surface area (Å²) in [6.45, 7) is 2.45. The number of hydrogen-bond acceptors (Lipinski definition) is 26. The summed E-state index contributed by atoms with van der Waals surface area (Å²) < 4.78 is 20.3. The molecule has 1 aromatic heterocycles. The first-order valence-electron chi connectivity index (χ1n) is 33.9. The summed E-state index contributed by atoms with van der Waals surface area (Å²) in [7, 11) is 1.69. The molecule has 0 radical (unpaired) electrons. The minimum Gasteiger partial charge on any atom is -0.691 e. The average molecular weight is 1480 g/mol. The van der Waals surface area contributed by atoms with E-state index in [0.717, 1.165) is 92.4 Å². The zero-order chi connectivity index (χ0) is 72.9. The predicted molar refractivity (Wildman–Crippen MR) is 360 cm³/mol. The number of carbonyl (C=O) groups excluding carboxylic acids is 7. The van der Waals surface area contributed by atoms with E-state index in [1.165, 1.54) is 36.5 Å². The van der Waals surface area contributed by atoms with Crippen LogP contribution in [0.3, 0.4) is 0 Å². The molecule has 4 aliphatic heterocycles. The van der Waals surface area contributed by atoms with Gasteiger partial charge in [0, 0.05) is 81.8 Å². The van der Waals surface area contributed by atoms with E-state index in [2.05, 4.69) is 46.2 Å². The first-order chi connectivity index (χ1) is 48.5. The van der Waals surface area contributed by atoms with Crippen LogP contribution in [0.2, 0.25) is 0 Å². The number of amides is 7. The number of aliphatic hydroxyl groups is 6. The Balaban J connectivity index is 0.0000146. The Kier molecular flexibility index (Phi) is 32.8. The molecule has 0 bridgehead atoms. The molecule has 4 aromatic rings. The van der Waals surface area contributed by atoms with Gasteiger partial charge in [0.05, 0.1) is 43.2 Å². The average Bonchev–Trinajstić information content (AvgIpc) is 1.68. The molecule has 554 valence electrons. The van der Waals surface area contributed by atoms with E-state index in [1.54, 1.807) is 24.1 Å². The Bertz CT molecular complexity index is 3420. The van der Waals surface area contributed by atoms with Crippen LogP contribution >= 0.6 is 23.7 Å². The number of hydrogen-bond donors (Lipinski definition) is 13. The van der Waals surface area contributed by atoms with Gasteiger partial charge in [0.25, 0.3) is 18.2 Å². The second-order valence-electron chi connectivity index (χ2n) is 25.9. The van der Waals surface area contributed by atoms with E-state index in [4.69, 9.17) is 13.7 Å². The molecule has 4 fully saturated rings. The van der Waals surface area contributed by atoms with Gasteiger partial charge in [-0.3, -0.25) is 48.3 Å². The van der Waals surface area contributed by atoms with Gasteiger partial charge in [-0.25, -0.2) is 0 Å². The quantitative estimate of drug-likeness (QED) is 0.00991. The van der Waals surface area contributed by atoms with Crippen molar-refractivity contribution in [2.45, 2.75) is 189 Å². The molecule has 0 saturated carbocycles. The molecule has 1 unspecified atom stereocenters. The summed E-state index contributed by atoms with van der Waals surface area (Å²) in [4.78, 5) is 120. The molecule has 32 nitrogen and oxygen atoms in total. The number of aliphatic carboxylic acids is 1. The number of carbonyl (C=O) groups is 8. The number of unbranched alkanes of at least 4 members (excludes halogenated alkanes) is 4. The van der Waals surface area contributed by atoms with Crippen molar-refractivity contribution >= 4 is 71.0 Å². The second kappa shape index (κ2) is 40.5. The molecule has 7 amide bonds. The maximum Gasteiger partial charge on any atom is 1.00 e. The minimum absolute atomic E-state index is 0. The summed E-state index contributed by atoms with van der Waals surface area (Å²) in [5, 5.41) is 127. The third-order valence-electron chi connectivity index (χ3n) is 18.4. The van der Waals surface area contributed by atoms with Crippen molar-refractivity contribution in [3.05, 3.63) is 77.9 Å². The second-order valence-corrected chi connectivity index (χ2v) is 27.4. The zero-order valence-corrected chi connectivity index (χ0v) is 61.0. The molecular formula is C67H91N10NaO22S2. The number of rotatable bonds is 26. The van der Waals surface area contributed by atoms with Gasteiger partial charge in [-0.05, 0) is 99.7 Å². The number of carboxylic acid groups (broad SMARTS) is 1. The van der Waals surface area contributed by atoms with Crippen LogP contribution in [-0.4, -0.2) is 245 Å². The van der Waals surface area contributed by atoms with E-state index in [1.807, 2.05) is 24.3 Å². The van der Waals surface area contributed by atoms with Crippen molar-refractivity contribution in [3.63, 3.8) is 0 Å². The van der Waals surface area contributed by atoms with Crippen LogP contribution in [0, 0.1) is 5.92 Å². The summed E-state index contributed by atoms with van der Waals surface area (Å²) in [6, 6.07) is 4.56. The van der Waals surface area contributed by atoms with Gasteiger partial charge in [-0.2, -0.15) is 0 Å². The fourth-order valence-electron chi connectivity index (χ4n) is 12.8. The Labute approximate surface area is 620 Å². The van der Waals surface area contributed by atoms with Crippen LogP contribution in [0.15, 0.2) is 66.7 Å². The molecular weight excluding hydrogens is 1380 g/mol. The number of β-amino-alcohol motifs (C(OH)–C–C–N with tert-alkyl or cyclic N) is 1. The number of aliphatic hydroxyl groups excluding tert-OH is 6. The fraction of sp³-hybridized carbons (Fsp3) is 0.582. The van der Waals surface area contributed by atoms with Gasteiger partial charge in [-0.1, -0.05) is 81.4 Å². The van der Waals surface area contributed by atoms with Crippen molar-refractivity contribution in [1.82, 2.24) is 51.5 Å². The molecule has 4 saturated heterocycles. The normalized spacial score (nSPS) is 25.5. The van der Waals surface area contributed by atoms with E-state index in [9.17, 15) is 74.9 Å². The first kappa shape index (κ1) is 82.6. The van der Waals surface area contributed by atoms with Crippen molar-refractivity contribution in [2.75, 3.05) is 53.0 Å². The molecule has 14 atom stereocenters. The van der Waals surface area contributed by atoms with Crippen LogP contribution in [0.4, 0.5) is 0 Å². The van der Waals surface area contributed by atoms with Crippen molar-refractivity contribution in [3.8, 4) is 38.4 Å². The number of aromatic nitrogens is 2. The Morgan fingerprint density at radius 1 is 0.745 bits per heavy atom. The standard InChI is InChI=1S/C67H92N10O22S2.Na/c1-37-35-77-56(57(37)84)62(89)68-34-43(79)32-46(69-58(85)40-16-18-41(19-17-40)63-73-74-64(100-63)42-20-22-45(23-21-42)96-29-13-9-5-8-12-28-95-3)59(86)70-53(38(2)78)65(90)76-36-44(80)33-48(76)60(87)71-54(51(83)30-39-15-24-49(81)52(31-39)97-101-99-98-94)61(88)72-55(66(77)91)50(82)25-27-75-26-11-7-4-6-10-14-47(75)67(92)93;/h15-24,31,37-38,43-44,46-48,50-51,53-57,78-84,94H,4-14,25-30,32-36H2,1-3H3,(H,68,89)(H,69,85)(H,70,86)(H,71,87)(H,72,88)(H,92,93);/q;+1/p-1/t37-,38+,43+,44-,46+,47?,48+,50-,51-,53+,54+,55+,56+,57+;/m1./s1. The summed E-state index contributed by atoms with van der Waals surface area (Å²) in [5.74, 6) is -10.1. The van der Waals surface area contributed by atoms with Crippen LogP contribution in [0.1, 0.15) is 120 Å². The van der Waals surface area contributed by atoms with Gasteiger partial charge in [0.2, 0.25) is 35.4 Å². The summed E-state index contributed by atoms with van der Waals surface area (Å²) in [6.07, 6.45) is -3.67. The van der Waals surface area contributed by atoms with Gasteiger partial charge >= 0.3 is 35.5 Å². The SMILES string of the molecule is COCCCCCCCOc1ccc(-c2nnc(-c3ccc(C(=O)N[C@H]4C[C@H](O)CNC(=O)[C@@H]5[C@@H](O)[C@H](C)CN5C(=O)[C@H]([C@H](O)CCN5CCCCCCCC5C(=O)O)NC(=O)[C@H]([C@H](O)Cc5ccc(O)c(OSOO[O-])c5)NC(=O)[C@@H]5C[C@@H](O)CN5C(=O)[C@H]([C@H](C)O)NC4=O)cc3)s2)cc1.[Na+]. The van der Waals surface area contributed by atoms with E-state index < -0.39 is 177 Å². The number of fused-ring (bicyclic) bond motifs is 2. The molecule has 102 heavy (non-hydrogen) atoms. The molecule has 13 N–H and O–H groups in total. The van der Waals surface area contributed by atoms with Crippen molar-refractivity contribution < 1.29 is 137 Å². The van der Waals surface area contributed by atoms with E-state index in [-0.39, 0.29) is 78.3 Å². The summed E-state index contributed by atoms with van der Waals surface area (Å²) >= 11 is 1.30. The topological polar surface area (TPSA) is 463 Å². The minimum atomic E-state index is -2.18. The Morgan fingerprint density at radius 3 is 2.06 bits per heavy atom. The van der Waals surface area contributed by atoms with Gasteiger partial charge < -0.3 is 96.2 Å². The van der Waals surface area contributed by atoms with Crippen LogP contribution in [-0.2, 0) is 54.1 Å². The number of carboxylic acids is 1. The van der Waals surface area contributed by atoms with Crippen molar-refractivity contribution in [1.29, 1.82) is 0 Å². The Morgan fingerprint density at radius 2 is 1.38 bits per heavy atom. The zero-order valence-electron chi connectivity index (χ0n) is 57.3. The number of nitrogens with one attached hydrogen (secondary N) is 5. The van der Waals surface area contributed by atoms with E-state index in [0.29, 0.717) is 47.3 Å². The number of aromatic hydroxyl groups is 1. The number of phenols is 1. The molecule has 3 aromatic carbocycles. The molecule has 0 aliphatic carbocycles. The maximum atomic E-state index is 15.3. The number of methoxy groups -OCH3 is 1. The molecule has 35 heteroatoms. The summed E-state index contributed by atoms with van der Waals surface area (Å²) in [5.41, 5.74) is 1.47. The fourth-order valence-corrected chi connectivity index (χ4v) is 14.0. The number of ether oxygens (including phenoxy) is 2. The first-order valence-corrected chi connectivity index (χ1v) is 35.4. The third kappa shape index (κ3) is 22.9. The van der Waals surface area contributed by atoms with Gasteiger partial charge in [0.1, 0.15) is 58.1 Å². The van der Waals surface area contributed by atoms with Gasteiger partial charge in [-0.15, -0.1) is 14.5 Å². The van der Waals surface area contributed by atoms with Crippen molar-refractivity contribution in [2.24, 2.45) is 5.92 Å². The van der Waals surface area contributed by atoms with Crippen LogP contribution < -0.4 is 70.3 Å². The maximum absolute atomic E-state index is 15.3. The molecule has 5 heterocycles. The van der Waals surface area contributed by atoms with Crippen LogP contribution in [0.5, 0.6) is 17.2 Å². The number of benzene rings is 3. The molecule has 4 aliphatic rings. The smallest absolute Gasteiger partial charge is 0.691 e. The van der Waals surface area contributed by atoms with E-state index >= 15 is 9.59 Å². The molecule has 8 rings (SSSR count). The largest absolute Gasteiger partial charge is 1.00 e. The third-order valence-corrected chi connectivity index (χ3v) is 19.8. The van der Waals surface area contributed by atoms with Crippen LogP contribution in [0.25, 0.3) is 21.1 Å². The Hall–Kier alpha value is -6.71.